The van der Waals surface area contributed by atoms with Crippen LogP contribution in [0.1, 0.15) is 28.4 Å². The summed E-state index contributed by atoms with van der Waals surface area (Å²) in [5.74, 6) is -0.455. The van der Waals surface area contributed by atoms with Crippen molar-refractivity contribution in [1.82, 2.24) is 4.98 Å². The van der Waals surface area contributed by atoms with Crippen LogP contribution in [0.5, 0.6) is 11.5 Å². The summed E-state index contributed by atoms with van der Waals surface area (Å²) in [5.41, 5.74) is 2.42. The number of benzene rings is 3. The molecule has 180 valence electrons. The summed E-state index contributed by atoms with van der Waals surface area (Å²) < 4.78 is 41.5. The number of hydrogen-bond donors (Lipinski definition) is 1. The van der Waals surface area contributed by atoms with Crippen molar-refractivity contribution in [3.05, 3.63) is 95.6 Å². The number of aromatic carboxylic acids is 1. The Morgan fingerprint density at radius 1 is 0.971 bits per heavy atom. The van der Waals surface area contributed by atoms with Gasteiger partial charge in [0.1, 0.15) is 5.75 Å². The van der Waals surface area contributed by atoms with E-state index in [0.717, 1.165) is 16.5 Å². The second kappa shape index (κ2) is 9.92. The number of ether oxygens (including phenoxy) is 1. The minimum Gasteiger partial charge on any atom is -0.478 e. The number of halogens is 3. The molecule has 0 aliphatic carbocycles. The zero-order valence-electron chi connectivity index (χ0n) is 18.6. The van der Waals surface area contributed by atoms with Gasteiger partial charge in [0.05, 0.1) is 17.6 Å². The second-order valence-corrected chi connectivity index (χ2v) is 7.67. The smallest absolute Gasteiger partial charge is 0.478 e. The molecule has 0 atom stereocenters. The number of nitrogens with zero attached hydrogens (tertiary/aromatic N) is 2. The van der Waals surface area contributed by atoms with Crippen LogP contribution in [0, 0.1) is 0 Å². The number of carbonyl (C=O) groups is 1. The number of hydrogen-bond acceptors (Lipinski definition) is 5. The monoisotopic (exact) mass is 482 g/mol. The number of pyridine rings is 1. The zero-order chi connectivity index (χ0) is 25.0. The Bertz CT molecular complexity index is 1320. The van der Waals surface area contributed by atoms with Gasteiger partial charge in [0, 0.05) is 5.39 Å². The molecule has 0 radical (unpaired) electrons. The van der Waals surface area contributed by atoms with E-state index >= 15 is 0 Å². The zero-order valence-corrected chi connectivity index (χ0v) is 18.6. The number of para-hydroxylation sites is 1. The number of fused-ring (bicyclic) bond motifs is 1. The summed E-state index contributed by atoms with van der Waals surface area (Å²) >= 11 is 0. The molecule has 4 aromatic rings. The van der Waals surface area contributed by atoms with Crippen LogP contribution >= 0.6 is 0 Å². The first-order valence-electron chi connectivity index (χ1n) is 10.7. The highest BCUT2D eigenvalue weighted by atomic mass is 19.4. The van der Waals surface area contributed by atoms with Crippen molar-refractivity contribution in [1.29, 1.82) is 0 Å². The minimum atomic E-state index is -4.77. The van der Waals surface area contributed by atoms with Crippen LogP contribution < -0.4 is 14.6 Å². The molecule has 0 saturated heterocycles. The quantitative estimate of drug-likeness (QED) is 0.293. The Morgan fingerprint density at radius 2 is 1.63 bits per heavy atom. The number of carboxylic acid groups (broad SMARTS) is 1. The Labute approximate surface area is 199 Å². The lowest BCUT2D eigenvalue weighted by molar-refractivity contribution is -0.274. The van der Waals surface area contributed by atoms with Crippen LogP contribution in [0.25, 0.3) is 10.9 Å². The van der Waals surface area contributed by atoms with Gasteiger partial charge in [0.2, 0.25) is 0 Å². The standard InChI is InChI=1S/C26H21F3N2O4/c1-2-18-15-20-5-3-4-6-23(20)30-24(18)31(35-22-13-9-19(10-14-22)25(32)33)16-17-7-11-21(12-8-17)34-26(27,28)29/h3-15H,2,16H2,1H3,(H,32,33). The molecule has 1 heterocycles. The SMILES string of the molecule is CCc1cc2ccccc2nc1N(Cc1ccc(OC(F)(F)F)cc1)Oc1ccc(C(=O)O)cc1. The van der Waals surface area contributed by atoms with Crippen LogP contribution in [0.4, 0.5) is 19.0 Å². The molecule has 0 spiro atoms. The van der Waals surface area contributed by atoms with Gasteiger partial charge in [-0.15, -0.1) is 13.2 Å². The van der Waals surface area contributed by atoms with Crippen molar-refractivity contribution in [2.24, 2.45) is 0 Å². The average molecular weight is 482 g/mol. The number of anilines is 1. The summed E-state index contributed by atoms with van der Waals surface area (Å²) in [6.07, 6.45) is -4.12. The van der Waals surface area contributed by atoms with E-state index in [4.69, 9.17) is 14.9 Å². The Hall–Kier alpha value is -4.27. The van der Waals surface area contributed by atoms with Crippen molar-refractivity contribution in [2.75, 3.05) is 5.06 Å². The second-order valence-electron chi connectivity index (χ2n) is 7.67. The fourth-order valence-corrected chi connectivity index (χ4v) is 3.52. The molecule has 0 bridgehead atoms. The number of alkyl halides is 3. The molecule has 1 N–H and O–H groups in total. The molecular formula is C26H21F3N2O4. The minimum absolute atomic E-state index is 0.113. The van der Waals surface area contributed by atoms with Crippen molar-refractivity contribution in [3.8, 4) is 11.5 Å². The number of aromatic nitrogens is 1. The molecule has 0 aliphatic rings. The van der Waals surface area contributed by atoms with Crippen LogP contribution in [0.15, 0.2) is 78.9 Å². The molecular weight excluding hydrogens is 461 g/mol. The predicted molar refractivity (Wildman–Crippen MR) is 124 cm³/mol. The van der Waals surface area contributed by atoms with Crippen LogP contribution in [-0.2, 0) is 13.0 Å². The first-order chi connectivity index (χ1) is 16.7. The van der Waals surface area contributed by atoms with Gasteiger partial charge in [-0.1, -0.05) is 37.3 Å². The third kappa shape index (κ3) is 6.00. The first-order valence-corrected chi connectivity index (χ1v) is 10.7. The van der Waals surface area contributed by atoms with Crippen molar-refractivity contribution in [2.45, 2.75) is 26.3 Å². The lowest BCUT2D eigenvalue weighted by Gasteiger charge is -2.26. The number of aryl methyl sites for hydroxylation is 1. The highest BCUT2D eigenvalue weighted by Gasteiger charge is 2.31. The summed E-state index contributed by atoms with van der Waals surface area (Å²) in [6, 6.07) is 21.0. The van der Waals surface area contributed by atoms with Crippen LogP contribution in [0.2, 0.25) is 0 Å². The molecule has 0 fully saturated rings. The van der Waals surface area contributed by atoms with Gasteiger partial charge in [0.25, 0.3) is 0 Å². The fourth-order valence-electron chi connectivity index (χ4n) is 3.52. The van der Waals surface area contributed by atoms with Gasteiger partial charge in [-0.3, -0.25) is 0 Å². The van der Waals surface area contributed by atoms with Crippen molar-refractivity contribution < 1.29 is 32.6 Å². The molecule has 0 saturated carbocycles. The van der Waals surface area contributed by atoms with Gasteiger partial charge >= 0.3 is 12.3 Å². The lowest BCUT2D eigenvalue weighted by atomic mass is 10.1. The van der Waals surface area contributed by atoms with E-state index in [1.807, 2.05) is 37.3 Å². The summed E-state index contributed by atoms with van der Waals surface area (Å²) in [5, 5.41) is 11.7. The van der Waals surface area contributed by atoms with E-state index in [2.05, 4.69) is 4.74 Å². The fraction of sp³-hybridized carbons (Fsp3) is 0.154. The van der Waals surface area contributed by atoms with E-state index in [0.29, 0.717) is 23.6 Å². The maximum atomic E-state index is 12.5. The maximum Gasteiger partial charge on any atom is 0.573 e. The van der Waals surface area contributed by atoms with E-state index in [-0.39, 0.29) is 17.9 Å². The molecule has 3 aromatic carbocycles. The topological polar surface area (TPSA) is 71.9 Å². The predicted octanol–water partition coefficient (Wildman–Crippen LogP) is 6.39. The van der Waals surface area contributed by atoms with Gasteiger partial charge in [-0.2, -0.15) is 5.06 Å². The van der Waals surface area contributed by atoms with Gasteiger partial charge in [-0.25, -0.2) is 9.78 Å². The first kappa shape index (κ1) is 23.9. The number of rotatable bonds is 8. The van der Waals surface area contributed by atoms with E-state index in [9.17, 15) is 18.0 Å². The highest BCUT2D eigenvalue weighted by molar-refractivity contribution is 5.87. The molecule has 0 aliphatic heterocycles. The van der Waals surface area contributed by atoms with Crippen molar-refractivity contribution in [3.63, 3.8) is 0 Å². The normalized spacial score (nSPS) is 11.3. The Morgan fingerprint density at radius 3 is 2.26 bits per heavy atom. The summed E-state index contributed by atoms with van der Waals surface area (Å²) in [6.45, 7) is 2.14. The van der Waals surface area contributed by atoms with E-state index in [1.54, 1.807) is 5.06 Å². The van der Waals surface area contributed by atoms with Crippen LogP contribution in [-0.4, -0.2) is 22.4 Å². The van der Waals surface area contributed by atoms with Gasteiger partial charge in [-0.05, 0) is 66.1 Å². The third-order valence-corrected chi connectivity index (χ3v) is 5.20. The molecule has 1 aromatic heterocycles. The third-order valence-electron chi connectivity index (χ3n) is 5.20. The van der Waals surface area contributed by atoms with Crippen molar-refractivity contribution >= 4 is 22.7 Å². The number of carboxylic acids is 1. The maximum absolute atomic E-state index is 12.5. The molecule has 0 amide bonds. The van der Waals surface area contributed by atoms with E-state index < -0.39 is 12.3 Å². The van der Waals surface area contributed by atoms with Gasteiger partial charge in [0.15, 0.2) is 11.6 Å². The molecule has 4 rings (SSSR count). The highest BCUT2D eigenvalue weighted by Crippen LogP contribution is 2.28. The summed E-state index contributed by atoms with van der Waals surface area (Å²) in [4.78, 5) is 22.1. The van der Waals surface area contributed by atoms with Gasteiger partial charge < -0.3 is 14.7 Å². The average Bonchev–Trinajstić information content (AvgIpc) is 2.83. The Balaban J connectivity index is 1.69. The lowest BCUT2D eigenvalue weighted by Crippen LogP contribution is -2.29. The Kier molecular flexibility index (Phi) is 6.77. The summed E-state index contributed by atoms with van der Waals surface area (Å²) in [7, 11) is 0. The van der Waals surface area contributed by atoms with E-state index in [1.165, 1.54) is 48.5 Å². The number of hydroxylamine groups is 1. The molecule has 9 heteroatoms. The molecule has 35 heavy (non-hydrogen) atoms. The van der Waals surface area contributed by atoms with Crippen LogP contribution in [0.3, 0.4) is 0 Å². The molecule has 6 nitrogen and oxygen atoms in total. The largest absolute Gasteiger partial charge is 0.573 e. The molecule has 0 unspecified atom stereocenters.